The van der Waals surface area contributed by atoms with Crippen LogP contribution in [0.1, 0.15) is 48.5 Å². The highest BCUT2D eigenvalue weighted by Gasteiger charge is 2.26. The van der Waals surface area contributed by atoms with Gasteiger partial charge in [-0.3, -0.25) is 19.6 Å². The summed E-state index contributed by atoms with van der Waals surface area (Å²) in [6.07, 6.45) is 5.88. The second kappa shape index (κ2) is 7.04. The molecule has 0 spiro atoms. The van der Waals surface area contributed by atoms with Gasteiger partial charge in [0.1, 0.15) is 5.69 Å². The molecule has 0 aliphatic carbocycles. The van der Waals surface area contributed by atoms with Crippen molar-refractivity contribution in [3.05, 3.63) is 51.8 Å². The van der Waals surface area contributed by atoms with Gasteiger partial charge in [0, 0.05) is 37.5 Å². The summed E-state index contributed by atoms with van der Waals surface area (Å²) in [6.45, 7) is 5.84. The van der Waals surface area contributed by atoms with Gasteiger partial charge in [0.05, 0.1) is 11.1 Å². The Balaban J connectivity index is 1.76. The summed E-state index contributed by atoms with van der Waals surface area (Å²) in [5, 5.41) is 15.7. The highest BCUT2D eigenvalue weighted by molar-refractivity contribution is 5.95. The third-order valence-electron chi connectivity index (χ3n) is 4.86. The van der Waals surface area contributed by atoms with Crippen molar-refractivity contribution in [3.63, 3.8) is 0 Å². The largest absolute Gasteiger partial charge is 0.366 e. The van der Waals surface area contributed by atoms with E-state index in [1.165, 1.54) is 18.6 Å². The lowest BCUT2D eigenvalue weighted by molar-refractivity contribution is -0.384. The number of carbonyl (C=O) groups excluding carboxylic acids is 1. The van der Waals surface area contributed by atoms with Gasteiger partial charge in [0.2, 0.25) is 0 Å². The summed E-state index contributed by atoms with van der Waals surface area (Å²) in [5.74, 6) is 0.272. The molecule has 0 saturated carbocycles. The maximum Gasteiger partial charge on any atom is 0.293 e. The van der Waals surface area contributed by atoms with E-state index in [1.54, 1.807) is 12.1 Å². The van der Waals surface area contributed by atoms with Crippen molar-refractivity contribution >= 4 is 17.2 Å². The molecule has 2 heterocycles. The summed E-state index contributed by atoms with van der Waals surface area (Å²) in [4.78, 5) is 24.5. The Bertz CT molecular complexity index is 791. The predicted molar refractivity (Wildman–Crippen MR) is 95.2 cm³/mol. The Labute approximate surface area is 146 Å². The molecule has 1 aliphatic rings. The Kier molecular flexibility index (Phi) is 4.83. The number of ketones is 1. The zero-order valence-corrected chi connectivity index (χ0v) is 14.5. The molecular weight excluding hydrogens is 320 g/mol. The van der Waals surface area contributed by atoms with Crippen molar-refractivity contribution < 1.29 is 9.72 Å². The molecule has 7 nitrogen and oxygen atoms in total. The van der Waals surface area contributed by atoms with E-state index in [0.717, 1.165) is 32.5 Å². The molecule has 0 atom stereocenters. The summed E-state index contributed by atoms with van der Waals surface area (Å²) in [7, 11) is 0. The maximum atomic E-state index is 11.5. The molecule has 0 unspecified atom stereocenters. The van der Waals surface area contributed by atoms with Gasteiger partial charge >= 0.3 is 0 Å². The predicted octanol–water partition coefficient (Wildman–Crippen LogP) is 3.40. The lowest BCUT2D eigenvalue weighted by atomic mass is 9.91. The summed E-state index contributed by atoms with van der Waals surface area (Å²) >= 11 is 0. The molecule has 0 amide bonds. The van der Waals surface area contributed by atoms with Crippen LogP contribution in [-0.4, -0.2) is 33.6 Å². The molecule has 1 aliphatic heterocycles. The average molecular weight is 342 g/mol. The Morgan fingerprint density at radius 3 is 2.64 bits per heavy atom. The number of hydrogen-bond acceptors (Lipinski definition) is 5. The van der Waals surface area contributed by atoms with E-state index in [0.29, 0.717) is 17.2 Å². The third-order valence-corrected chi connectivity index (χ3v) is 4.86. The first-order valence-corrected chi connectivity index (χ1v) is 8.56. The van der Waals surface area contributed by atoms with E-state index >= 15 is 0 Å². The SMILES string of the molecule is CCn1cc(C2CCN(c3ccc(C(C)=O)cc3[N+](=O)[O-])CC2)cn1. The van der Waals surface area contributed by atoms with Gasteiger partial charge in [-0.15, -0.1) is 0 Å². The number of nitro groups is 1. The molecular formula is C18H22N4O3. The molecule has 0 radical (unpaired) electrons. The van der Waals surface area contributed by atoms with E-state index in [4.69, 9.17) is 0 Å². The number of anilines is 1. The number of nitrogens with zero attached hydrogens (tertiary/aromatic N) is 4. The van der Waals surface area contributed by atoms with Crippen LogP contribution in [0.25, 0.3) is 0 Å². The average Bonchev–Trinajstić information content (AvgIpc) is 3.10. The van der Waals surface area contributed by atoms with Gasteiger partial charge in [0.25, 0.3) is 5.69 Å². The van der Waals surface area contributed by atoms with Crippen LogP contribution in [0, 0.1) is 10.1 Å². The zero-order valence-electron chi connectivity index (χ0n) is 14.5. The fourth-order valence-electron chi connectivity index (χ4n) is 3.37. The quantitative estimate of drug-likeness (QED) is 0.472. The maximum absolute atomic E-state index is 11.5. The molecule has 1 fully saturated rings. The summed E-state index contributed by atoms with van der Waals surface area (Å²) in [6, 6.07) is 4.75. The summed E-state index contributed by atoms with van der Waals surface area (Å²) < 4.78 is 1.92. The van der Waals surface area contributed by atoms with Gasteiger partial charge in [0.15, 0.2) is 5.78 Å². The lowest BCUT2D eigenvalue weighted by Gasteiger charge is -2.33. The monoisotopic (exact) mass is 342 g/mol. The minimum atomic E-state index is -0.404. The minimum Gasteiger partial charge on any atom is -0.366 e. The molecule has 1 aromatic heterocycles. The lowest BCUT2D eigenvalue weighted by Crippen LogP contribution is -2.33. The van der Waals surface area contributed by atoms with Crippen LogP contribution in [-0.2, 0) is 6.54 Å². The van der Waals surface area contributed by atoms with Crippen LogP contribution in [0.2, 0.25) is 0 Å². The van der Waals surface area contributed by atoms with Crippen LogP contribution in [0.15, 0.2) is 30.6 Å². The van der Waals surface area contributed by atoms with Crippen LogP contribution in [0.4, 0.5) is 11.4 Å². The van der Waals surface area contributed by atoms with Gasteiger partial charge in [-0.1, -0.05) is 0 Å². The van der Waals surface area contributed by atoms with Crippen molar-refractivity contribution in [2.24, 2.45) is 0 Å². The first-order chi connectivity index (χ1) is 12.0. The third kappa shape index (κ3) is 3.55. The van der Waals surface area contributed by atoms with E-state index < -0.39 is 4.92 Å². The van der Waals surface area contributed by atoms with Crippen LogP contribution in [0.3, 0.4) is 0 Å². The number of aromatic nitrogens is 2. The second-order valence-corrected chi connectivity index (χ2v) is 6.41. The van der Waals surface area contributed by atoms with Gasteiger partial charge in [-0.05, 0) is 50.3 Å². The molecule has 132 valence electrons. The van der Waals surface area contributed by atoms with E-state index in [-0.39, 0.29) is 11.5 Å². The number of hydrogen-bond donors (Lipinski definition) is 0. The first kappa shape index (κ1) is 17.1. The number of piperidine rings is 1. The highest BCUT2D eigenvalue weighted by Crippen LogP contribution is 2.35. The van der Waals surface area contributed by atoms with Crippen LogP contribution < -0.4 is 4.90 Å². The van der Waals surface area contributed by atoms with Crippen molar-refractivity contribution in [2.75, 3.05) is 18.0 Å². The zero-order chi connectivity index (χ0) is 18.0. The van der Waals surface area contributed by atoms with Gasteiger partial charge < -0.3 is 4.90 Å². The number of nitro benzene ring substituents is 1. The molecule has 2 aromatic rings. The molecule has 0 bridgehead atoms. The smallest absolute Gasteiger partial charge is 0.293 e. The number of carbonyl (C=O) groups is 1. The number of Topliss-reactive ketones (excluding diaryl/α,β-unsaturated/α-hetero) is 1. The second-order valence-electron chi connectivity index (χ2n) is 6.41. The molecule has 0 N–H and O–H groups in total. The van der Waals surface area contributed by atoms with E-state index in [2.05, 4.69) is 18.2 Å². The van der Waals surface area contributed by atoms with Crippen molar-refractivity contribution in [3.8, 4) is 0 Å². The Hall–Kier alpha value is -2.70. The molecule has 3 rings (SSSR count). The van der Waals surface area contributed by atoms with Crippen molar-refractivity contribution in [1.82, 2.24) is 9.78 Å². The van der Waals surface area contributed by atoms with E-state index in [9.17, 15) is 14.9 Å². The topological polar surface area (TPSA) is 81.3 Å². The first-order valence-electron chi connectivity index (χ1n) is 8.56. The minimum absolute atomic E-state index is 0.00459. The number of benzene rings is 1. The fourth-order valence-corrected chi connectivity index (χ4v) is 3.37. The Morgan fingerprint density at radius 1 is 1.36 bits per heavy atom. The number of rotatable bonds is 5. The standard InChI is InChI=1S/C18H22N4O3/c1-3-21-12-16(11-19-21)14-6-8-20(9-7-14)17-5-4-15(13(2)23)10-18(17)22(24)25/h4-5,10-12,14H,3,6-9H2,1-2H3. The molecule has 1 saturated heterocycles. The van der Waals surface area contributed by atoms with Crippen molar-refractivity contribution in [2.45, 2.75) is 39.2 Å². The van der Waals surface area contributed by atoms with Gasteiger partial charge in [-0.25, -0.2) is 0 Å². The fraction of sp³-hybridized carbons (Fsp3) is 0.444. The van der Waals surface area contributed by atoms with Gasteiger partial charge in [-0.2, -0.15) is 5.10 Å². The van der Waals surface area contributed by atoms with Crippen molar-refractivity contribution in [1.29, 1.82) is 0 Å². The van der Waals surface area contributed by atoms with Crippen LogP contribution in [0.5, 0.6) is 0 Å². The highest BCUT2D eigenvalue weighted by atomic mass is 16.6. The summed E-state index contributed by atoms with van der Waals surface area (Å²) in [5.41, 5.74) is 2.21. The molecule has 25 heavy (non-hydrogen) atoms. The van der Waals surface area contributed by atoms with Crippen LogP contribution >= 0.6 is 0 Å². The molecule has 7 heteroatoms. The molecule has 1 aromatic carbocycles. The Morgan fingerprint density at radius 2 is 2.08 bits per heavy atom. The number of aryl methyl sites for hydroxylation is 1. The normalized spacial score (nSPS) is 15.4. The van der Waals surface area contributed by atoms with E-state index in [1.807, 2.05) is 15.8 Å².